The highest BCUT2D eigenvalue weighted by Gasteiger charge is 2.19. The van der Waals surface area contributed by atoms with E-state index in [-0.39, 0.29) is 5.76 Å². The number of rotatable bonds is 4. The smallest absolute Gasteiger partial charge is 0.371 e. The van der Waals surface area contributed by atoms with Crippen molar-refractivity contribution in [3.8, 4) is 0 Å². The molecule has 4 nitrogen and oxygen atoms in total. The van der Waals surface area contributed by atoms with Gasteiger partial charge in [0.15, 0.2) is 0 Å². The van der Waals surface area contributed by atoms with Gasteiger partial charge in [0.1, 0.15) is 5.76 Å². The molecule has 1 aliphatic heterocycles. The van der Waals surface area contributed by atoms with Crippen molar-refractivity contribution in [2.24, 2.45) is 5.92 Å². The Morgan fingerprint density at radius 2 is 2.26 bits per heavy atom. The van der Waals surface area contributed by atoms with E-state index in [4.69, 9.17) is 9.52 Å². The first-order valence-corrected chi connectivity index (χ1v) is 7.15. The van der Waals surface area contributed by atoms with Crippen LogP contribution in [0.25, 0.3) is 0 Å². The van der Waals surface area contributed by atoms with Crippen LogP contribution >= 0.6 is 0 Å². The minimum atomic E-state index is -0.990. The van der Waals surface area contributed by atoms with Gasteiger partial charge in [-0.15, -0.1) is 0 Å². The fourth-order valence-electron chi connectivity index (χ4n) is 2.81. The summed E-state index contributed by atoms with van der Waals surface area (Å²) in [4.78, 5) is 13.3. The van der Waals surface area contributed by atoms with Gasteiger partial charge in [0.2, 0.25) is 5.76 Å². The minimum absolute atomic E-state index is 0.0498. The van der Waals surface area contributed by atoms with Crippen molar-refractivity contribution in [2.45, 2.75) is 46.1 Å². The maximum atomic E-state index is 10.9. The topological polar surface area (TPSA) is 53.7 Å². The maximum Gasteiger partial charge on any atom is 0.371 e. The summed E-state index contributed by atoms with van der Waals surface area (Å²) in [6, 6.07) is 1.67. The van der Waals surface area contributed by atoms with E-state index in [0.29, 0.717) is 0 Å². The number of likely N-dealkylation sites (tertiary alicyclic amines) is 1. The molecule has 4 heteroatoms. The Morgan fingerprint density at radius 1 is 1.47 bits per heavy atom. The van der Waals surface area contributed by atoms with E-state index < -0.39 is 5.97 Å². The van der Waals surface area contributed by atoms with Crippen molar-refractivity contribution < 1.29 is 14.3 Å². The van der Waals surface area contributed by atoms with Crippen LogP contribution in [0, 0.1) is 12.8 Å². The molecule has 1 unspecified atom stereocenters. The van der Waals surface area contributed by atoms with Crippen LogP contribution in [-0.4, -0.2) is 29.1 Å². The van der Waals surface area contributed by atoms with Crippen LogP contribution in [0.5, 0.6) is 0 Å². The van der Waals surface area contributed by atoms with Crippen LogP contribution in [0.3, 0.4) is 0 Å². The molecule has 0 radical (unpaired) electrons. The molecule has 1 fully saturated rings. The fourth-order valence-corrected chi connectivity index (χ4v) is 2.81. The van der Waals surface area contributed by atoms with Gasteiger partial charge in [-0.05, 0) is 51.3 Å². The second-order valence-electron chi connectivity index (χ2n) is 5.48. The summed E-state index contributed by atoms with van der Waals surface area (Å²) in [5, 5.41) is 8.93. The molecule has 1 atom stereocenters. The van der Waals surface area contributed by atoms with Crippen LogP contribution in [-0.2, 0) is 6.54 Å². The number of carboxylic acids is 1. The Morgan fingerprint density at radius 3 is 2.89 bits per heavy atom. The lowest BCUT2D eigenvalue weighted by molar-refractivity contribution is 0.0661. The zero-order chi connectivity index (χ0) is 13.8. The summed E-state index contributed by atoms with van der Waals surface area (Å²) < 4.78 is 5.26. The van der Waals surface area contributed by atoms with E-state index in [1.807, 2.05) is 6.92 Å². The van der Waals surface area contributed by atoms with Gasteiger partial charge in [0.05, 0.1) is 0 Å². The lowest BCUT2D eigenvalue weighted by Crippen LogP contribution is -2.24. The highest BCUT2D eigenvalue weighted by molar-refractivity contribution is 5.84. The number of aryl methyl sites for hydroxylation is 1. The fraction of sp³-hybridized carbons (Fsp3) is 0.667. The van der Waals surface area contributed by atoms with Crippen LogP contribution in [0.1, 0.15) is 54.5 Å². The lowest BCUT2D eigenvalue weighted by Gasteiger charge is -2.19. The van der Waals surface area contributed by atoms with Gasteiger partial charge in [-0.1, -0.05) is 13.3 Å². The van der Waals surface area contributed by atoms with Gasteiger partial charge in [0.25, 0.3) is 0 Å². The molecule has 106 valence electrons. The first kappa shape index (κ1) is 14.1. The molecule has 0 aromatic carbocycles. The number of hydrogen-bond acceptors (Lipinski definition) is 3. The van der Waals surface area contributed by atoms with E-state index in [1.165, 1.54) is 25.7 Å². The van der Waals surface area contributed by atoms with Crippen LogP contribution in [0.15, 0.2) is 10.5 Å². The Kier molecular flexibility index (Phi) is 4.64. The Hall–Kier alpha value is -1.29. The number of nitrogens with zero attached hydrogens (tertiary/aromatic N) is 1. The van der Waals surface area contributed by atoms with Gasteiger partial charge in [-0.3, -0.25) is 4.90 Å². The van der Waals surface area contributed by atoms with Crippen molar-refractivity contribution >= 4 is 5.97 Å². The average molecular weight is 265 g/mol. The zero-order valence-electron chi connectivity index (χ0n) is 11.8. The van der Waals surface area contributed by atoms with E-state index in [0.717, 1.165) is 36.9 Å². The molecular formula is C15H23NO3. The molecule has 1 aromatic rings. The normalized spacial score (nSPS) is 21.3. The standard InChI is InChI=1S/C15H23NO3/c1-3-12-5-4-7-16(8-6-12)10-13-9-14(15(17)18)19-11(13)2/h9,12H,3-8,10H2,1-2H3,(H,17,18). The molecule has 1 aromatic heterocycles. The third-order valence-electron chi connectivity index (χ3n) is 4.14. The van der Waals surface area contributed by atoms with Gasteiger partial charge < -0.3 is 9.52 Å². The molecule has 1 N–H and O–H groups in total. The molecule has 1 aliphatic rings. The monoisotopic (exact) mass is 265 g/mol. The quantitative estimate of drug-likeness (QED) is 0.907. The summed E-state index contributed by atoms with van der Waals surface area (Å²) in [6.07, 6.45) is 5.07. The molecule has 0 saturated carbocycles. The summed E-state index contributed by atoms with van der Waals surface area (Å²) >= 11 is 0. The van der Waals surface area contributed by atoms with Gasteiger partial charge in [-0.25, -0.2) is 4.79 Å². The maximum absolute atomic E-state index is 10.9. The van der Waals surface area contributed by atoms with Crippen LogP contribution < -0.4 is 0 Å². The van der Waals surface area contributed by atoms with Gasteiger partial charge in [-0.2, -0.15) is 0 Å². The van der Waals surface area contributed by atoms with Crippen molar-refractivity contribution in [3.63, 3.8) is 0 Å². The largest absolute Gasteiger partial charge is 0.475 e. The Bertz CT molecular complexity index is 439. The number of carbonyl (C=O) groups is 1. The Balaban J connectivity index is 1.99. The summed E-state index contributed by atoms with van der Waals surface area (Å²) in [7, 11) is 0. The van der Waals surface area contributed by atoms with E-state index in [9.17, 15) is 4.79 Å². The van der Waals surface area contributed by atoms with Crippen molar-refractivity contribution in [1.82, 2.24) is 4.90 Å². The SMILES string of the molecule is CCC1CCCN(Cc2cc(C(=O)O)oc2C)CC1. The van der Waals surface area contributed by atoms with Crippen LogP contribution in [0.2, 0.25) is 0 Å². The molecule has 0 spiro atoms. The average Bonchev–Trinajstić information content (AvgIpc) is 2.61. The number of furan rings is 1. The van der Waals surface area contributed by atoms with Crippen molar-refractivity contribution in [3.05, 3.63) is 23.2 Å². The molecule has 0 bridgehead atoms. The molecule has 19 heavy (non-hydrogen) atoms. The van der Waals surface area contributed by atoms with Crippen LogP contribution in [0.4, 0.5) is 0 Å². The summed E-state index contributed by atoms with van der Waals surface area (Å²) in [5.74, 6) is 0.642. The first-order valence-electron chi connectivity index (χ1n) is 7.15. The third kappa shape index (κ3) is 3.60. The minimum Gasteiger partial charge on any atom is -0.475 e. The highest BCUT2D eigenvalue weighted by Crippen LogP contribution is 2.23. The summed E-state index contributed by atoms with van der Waals surface area (Å²) in [5.41, 5.74) is 1.01. The second kappa shape index (κ2) is 6.24. The number of carboxylic acid groups (broad SMARTS) is 1. The first-order chi connectivity index (χ1) is 9.10. The van der Waals surface area contributed by atoms with E-state index in [1.54, 1.807) is 6.07 Å². The lowest BCUT2D eigenvalue weighted by atomic mass is 9.98. The number of hydrogen-bond donors (Lipinski definition) is 1. The molecule has 1 saturated heterocycles. The van der Waals surface area contributed by atoms with E-state index in [2.05, 4.69) is 11.8 Å². The molecular weight excluding hydrogens is 242 g/mol. The second-order valence-corrected chi connectivity index (χ2v) is 5.48. The third-order valence-corrected chi connectivity index (χ3v) is 4.14. The van der Waals surface area contributed by atoms with Crippen molar-refractivity contribution in [2.75, 3.05) is 13.1 Å². The molecule has 2 heterocycles. The molecule has 2 rings (SSSR count). The van der Waals surface area contributed by atoms with Crippen molar-refractivity contribution in [1.29, 1.82) is 0 Å². The number of aromatic carboxylic acids is 1. The Labute approximate surface area is 114 Å². The van der Waals surface area contributed by atoms with Gasteiger partial charge >= 0.3 is 5.97 Å². The van der Waals surface area contributed by atoms with E-state index >= 15 is 0 Å². The van der Waals surface area contributed by atoms with Gasteiger partial charge in [0, 0.05) is 12.1 Å². The predicted molar refractivity (Wildman–Crippen MR) is 73.3 cm³/mol. The predicted octanol–water partition coefficient (Wildman–Crippen LogP) is 3.30. The summed E-state index contributed by atoms with van der Waals surface area (Å²) in [6.45, 7) is 7.11. The molecule has 0 aliphatic carbocycles. The highest BCUT2D eigenvalue weighted by atomic mass is 16.4. The zero-order valence-corrected chi connectivity index (χ0v) is 11.8. The molecule has 0 amide bonds.